The number of nitrogens with zero attached hydrogens (tertiary/aromatic N) is 2. The summed E-state index contributed by atoms with van der Waals surface area (Å²) in [7, 11) is 1.74. The fourth-order valence-electron chi connectivity index (χ4n) is 1.91. The lowest BCUT2D eigenvalue weighted by atomic mass is 10.2. The molecule has 3 rings (SSSR count). The molecule has 0 radical (unpaired) electrons. The number of rotatable bonds is 3. The molecule has 0 bridgehead atoms. The van der Waals surface area contributed by atoms with Crippen LogP contribution in [0.25, 0.3) is 10.2 Å². The maximum atomic E-state index is 12.3. The standard InChI is InChI=1S/C14H11ClN4OS/c1-16-11-7-17-5-4-9(11)13(20)19-14-18-10-3-2-8(15)6-12(10)21-14/h2-7,16H,1H3,(H,18,19,20). The van der Waals surface area contributed by atoms with Crippen LogP contribution in [0.3, 0.4) is 0 Å². The number of halogens is 1. The SMILES string of the molecule is CNc1cnccc1C(=O)Nc1nc2ccc(Cl)cc2s1. The van der Waals surface area contributed by atoms with E-state index in [1.165, 1.54) is 11.3 Å². The molecule has 0 aliphatic rings. The van der Waals surface area contributed by atoms with E-state index >= 15 is 0 Å². The van der Waals surface area contributed by atoms with E-state index in [1.807, 2.05) is 12.1 Å². The smallest absolute Gasteiger partial charge is 0.259 e. The van der Waals surface area contributed by atoms with Gasteiger partial charge in [0.1, 0.15) is 0 Å². The third-order valence-corrected chi connectivity index (χ3v) is 4.07. The van der Waals surface area contributed by atoms with Crippen LogP contribution in [0, 0.1) is 0 Å². The van der Waals surface area contributed by atoms with Crippen molar-refractivity contribution in [1.82, 2.24) is 9.97 Å². The number of thiazole rings is 1. The number of aromatic nitrogens is 2. The third kappa shape index (κ3) is 2.81. The maximum absolute atomic E-state index is 12.3. The highest BCUT2D eigenvalue weighted by Crippen LogP contribution is 2.28. The number of benzene rings is 1. The normalized spacial score (nSPS) is 10.6. The van der Waals surface area contributed by atoms with Crippen LogP contribution in [0.5, 0.6) is 0 Å². The van der Waals surface area contributed by atoms with Crippen LogP contribution < -0.4 is 10.6 Å². The highest BCUT2D eigenvalue weighted by atomic mass is 35.5. The van der Waals surface area contributed by atoms with Crippen LogP contribution in [0.15, 0.2) is 36.7 Å². The molecule has 106 valence electrons. The summed E-state index contributed by atoms with van der Waals surface area (Å²) in [5.74, 6) is -0.230. The van der Waals surface area contributed by atoms with Gasteiger partial charge in [-0.1, -0.05) is 22.9 Å². The predicted octanol–water partition coefficient (Wildman–Crippen LogP) is 3.64. The van der Waals surface area contributed by atoms with Crippen LogP contribution in [0.2, 0.25) is 5.02 Å². The van der Waals surface area contributed by atoms with Crippen molar-refractivity contribution < 1.29 is 4.79 Å². The Kier molecular flexibility index (Phi) is 3.72. The van der Waals surface area contributed by atoms with Gasteiger partial charge in [-0.3, -0.25) is 15.1 Å². The van der Waals surface area contributed by atoms with Crippen molar-refractivity contribution in [3.05, 3.63) is 47.2 Å². The number of anilines is 2. The molecule has 0 saturated heterocycles. The maximum Gasteiger partial charge on any atom is 0.259 e. The molecule has 0 unspecified atom stereocenters. The largest absolute Gasteiger partial charge is 0.386 e. The summed E-state index contributed by atoms with van der Waals surface area (Å²) in [5.41, 5.74) is 1.99. The van der Waals surface area contributed by atoms with Gasteiger partial charge in [-0.25, -0.2) is 4.98 Å². The van der Waals surface area contributed by atoms with Gasteiger partial charge in [-0.15, -0.1) is 0 Å². The van der Waals surface area contributed by atoms with Crippen LogP contribution in [-0.2, 0) is 0 Å². The summed E-state index contributed by atoms with van der Waals surface area (Å²) in [6, 6.07) is 7.09. The minimum absolute atomic E-state index is 0.230. The van der Waals surface area contributed by atoms with Gasteiger partial charge >= 0.3 is 0 Å². The van der Waals surface area contributed by atoms with Gasteiger partial charge in [0.15, 0.2) is 5.13 Å². The molecule has 0 atom stereocenters. The first-order valence-electron chi connectivity index (χ1n) is 6.16. The first kappa shape index (κ1) is 13.8. The van der Waals surface area contributed by atoms with Gasteiger partial charge in [0.2, 0.25) is 0 Å². The Bertz CT molecular complexity index is 818. The Balaban J connectivity index is 1.89. The minimum atomic E-state index is -0.230. The van der Waals surface area contributed by atoms with E-state index in [9.17, 15) is 4.79 Å². The molecule has 0 aliphatic carbocycles. The Hall–Kier alpha value is -2.18. The van der Waals surface area contributed by atoms with Crippen molar-refractivity contribution in [3.63, 3.8) is 0 Å². The number of nitrogens with one attached hydrogen (secondary N) is 2. The first-order valence-corrected chi connectivity index (χ1v) is 7.36. The zero-order valence-electron chi connectivity index (χ0n) is 11.1. The van der Waals surface area contributed by atoms with E-state index < -0.39 is 0 Å². The number of hydrogen-bond donors (Lipinski definition) is 2. The number of carbonyl (C=O) groups excluding carboxylic acids is 1. The van der Waals surface area contributed by atoms with E-state index in [0.717, 1.165) is 10.2 Å². The lowest BCUT2D eigenvalue weighted by Gasteiger charge is -2.06. The van der Waals surface area contributed by atoms with Crippen molar-refractivity contribution in [2.45, 2.75) is 0 Å². The fraction of sp³-hybridized carbons (Fsp3) is 0.0714. The second-order valence-electron chi connectivity index (χ2n) is 4.26. The van der Waals surface area contributed by atoms with E-state index in [2.05, 4.69) is 20.6 Å². The first-order chi connectivity index (χ1) is 10.2. The topological polar surface area (TPSA) is 66.9 Å². The number of amides is 1. The number of carbonyl (C=O) groups is 1. The second kappa shape index (κ2) is 5.67. The number of hydrogen-bond acceptors (Lipinski definition) is 5. The van der Waals surface area contributed by atoms with Gasteiger partial charge in [-0.05, 0) is 24.3 Å². The van der Waals surface area contributed by atoms with Gasteiger partial charge in [0, 0.05) is 18.3 Å². The molecule has 5 nitrogen and oxygen atoms in total. The average Bonchev–Trinajstić information content (AvgIpc) is 2.88. The highest BCUT2D eigenvalue weighted by Gasteiger charge is 2.13. The summed E-state index contributed by atoms with van der Waals surface area (Å²) < 4.78 is 0.932. The summed E-state index contributed by atoms with van der Waals surface area (Å²) in [6.45, 7) is 0. The van der Waals surface area contributed by atoms with Crippen LogP contribution >= 0.6 is 22.9 Å². The lowest BCUT2D eigenvalue weighted by Crippen LogP contribution is -2.13. The van der Waals surface area contributed by atoms with Crippen LogP contribution in [0.4, 0.5) is 10.8 Å². The van der Waals surface area contributed by atoms with Gasteiger partial charge < -0.3 is 5.32 Å². The van der Waals surface area contributed by atoms with Crippen LogP contribution in [-0.4, -0.2) is 22.9 Å². The predicted molar refractivity (Wildman–Crippen MR) is 86.4 cm³/mol. The summed E-state index contributed by atoms with van der Waals surface area (Å²) in [5, 5.41) is 6.92. The van der Waals surface area contributed by atoms with E-state index in [0.29, 0.717) is 21.4 Å². The molecule has 3 aromatic rings. The summed E-state index contributed by atoms with van der Waals surface area (Å²) in [6.07, 6.45) is 3.18. The highest BCUT2D eigenvalue weighted by molar-refractivity contribution is 7.22. The molecule has 0 fully saturated rings. The molecule has 7 heteroatoms. The molecular weight excluding hydrogens is 308 g/mol. The zero-order valence-corrected chi connectivity index (χ0v) is 12.6. The second-order valence-corrected chi connectivity index (χ2v) is 5.72. The van der Waals surface area contributed by atoms with E-state index in [-0.39, 0.29) is 5.91 Å². The van der Waals surface area contributed by atoms with E-state index in [1.54, 1.807) is 31.6 Å². The summed E-state index contributed by atoms with van der Waals surface area (Å²) >= 11 is 7.33. The molecule has 2 heterocycles. The van der Waals surface area contributed by atoms with Crippen molar-refractivity contribution in [1.29, 1.82) is 0 Å². The molecule has 1 aromatic carbocycles. The average molecular weight is 319 g/mol. The summed E-state index contributed by atoms with van der Waals surface area (Å²) in [4.78, 5) is 20.6. The van der Waals surface area contributed by atoms with Gasteiger partial charge in [0.25, 0.3) is 5.91 Å². The van der Waals surface area contributed by atoms with Crippen molar-refractivity contribution >= 4 is 49.9 Å². The molecule has 21 heavy (non-hydrogen) atoms. The van der Waals surface area contributed by atoms with Gasteiger partial charge in [0.05, 0.1) is 27.7 Å². The molecule has 0 saturated carbocycles. The molecule has 0 spiro atoms. The molecule has 2 N–H and O–H groups in total. The Morgan fingerprint density at radius 3 is 3.00 bits per heavy atom. The Morgan fingerprint density at radius 2 is 2.19 bits per heavy atom. The fourth-order valence-corrected chi connectivity index (χ4v) is 3.05. The Labute approximate surface area is 130 Å². The lowest BCUT2D eigenvalue weighted by molar-refractivity contribution is 0.102. The third-order valence-electron chi connectivity index (χ3n) is 2.91. The molecule has 0 aliphatic heterocycles. The van der Waals surface area contributed by atoms with Crippen molar-refractivity contribution in [2.24, 2.45) is 0 Å². The van der Waals surface area contributed by atoms with E-state index in [4.69, 9.17) is 11.6 Å². The minimum Gasteiger partial charge on any atom is -0.386 e. The number of pyridine rings is 1. The van der Waals surface area contributed by atoms with Crippen molar-refractivity contribution in [3.8, 4) is 0 Å². The molecular formula is C14H11ClN4OS. The number of fused-ring (bicyclic) bond motifs is 1. The van der Waals surface area contributed by atoms with Gasteiger partial charge in [-0.2, -0.15) is 0 Å². The monoisotopic (exact) mass is 318 g/mol. The zero-order chi connectivity index (χ0) is 14.8. The Morgan fingerprint density at radius 1 is 1.33 bits per heavy atom. The van der Waals surface area contributed by atoms with Crippen molar-refractivity contribution in [2.75, 3.05) is 17.7 Å². The molecule has 1 amide bonds. The quantitative estimate of drug-likeness (QED) is 0.773. The van der Waals surface area contributed by atoms with Crippen LogP contribution in [0.1, 0.15) is 10.4 Å². The molecule has 2 aromatic heterocycles.